The van der Waals surface area contributed by atoms with Crippen LogP contribution in [0.25, 0.3) is 0 Å². The number of aliphatic hydroxyl groups excluding tert-OH is 4. The maximum atomic E-state index is 12.7. The molecule has 0 aliphatic carbocycles. The second-order valence-electron chi connectivity index (χ2n) is 13.4. The number of allylic oxidation sites excluding steroid dienone is 6. The van der Waals surface area contributed by atoms with E-state index >= 15 is 0 Å². The molecule has 1 aliphatic rings. The molecule has 0 radical (unpaired) electrons. The molecule has 0 spiro atoms. The van der Waals surface area contributed by atoms with Gasteiger partial charge in [0.2, 0.25) is 0 Å². The average molecular weight is 711 g/mol. The largest absolute Gasteiger partial charge is 0.462 e. The number of esters is 2. The fourth-order valence-corrected chi connectivity index (χ4v) is 5.54. The molecule has 290 valence electrons. The highest BCUT2D eigenvalue weighted by atomic mass is 16.7. The molecule has 0 aromatic rings. The van der Waals surface area contributed by atoms with Crippen molar-refractivity contribution in [2.45, 2.75) is 185 Å². The number of ether oxygens (including phenoxy) is 4. The Hall–Kier alpha value is -2.08. The lowest BCUT2D eigenvalue weighted by Crippen LogP contribution is -2.59. The Bertz CT molecular complexity index is 918. The SMILES string of the molecule is CCCC/C=C/C/C=C/CCCCCCCC(=O)O[C@H](COC(=O)CCCCCCC/C=C/CCCC)CO[C@@H]1O[C@H](CO)[C@H](O)C(O)C1O. The maximum Gasteiger partial charge on any atom is 0.306 e. The summed E-state index contributed by atoms with van der Waals surface area (Å²) in [6, 6.07) is 0. The third kappa shape index (κ3) is 23.4. The van der Waals surface area contributed by atoms with Gasteiger partial charge in [0.15, 0.2) is 12.4 Å². The lowest BCUT2D eigenvalue weighted by atomic mass is 9.99. The normalized spacial score (nSPS) is 21.8. The summed E-state index contributed by atoms with van der Waals surface area (Å²) in [6.45, 7) is 3.29. The van der Waals surface area contributed by atoms with Crippen LogP contribution < -0.4 is 0 Å². The smallest absolute Gasteiger partial charge is 0.306 e. The molecule has 10 nitrogen and oxygen atoms in total. The summed E-state index contributed by atoms with van der Waals surface area (Å²) in [5, 5.41) is 39.9. The highest BCUT2D eigenvalue weighted by Gasteiger charge is 2.44. The summed E-state index contributed by atoms with van der Waals surface area (Å²) < 4.78 is 22.0. The lowest BCUT2D eigenvalue weighted by molar-refractivity contribution is -0.305. The first kappa shape index (κ1) is 45.9. The first-order valence-electron chi connectivity index (χ1n) is 19.6. The molecular weight excluding hydrogens is 640 g/mol. The van der Waals surface area contributed by atoms with Crippen molar-refractivity contribution in [2.75, 3.05) is 19.8 Å². The van der Waals surface area contributed by atoms with Crippen molar-refractivity contribution in [1.29, 1.82) is 0 Å². The minimum absolute atomic E-state index is 0.212. The van der Waals surface area contributed by atoms with Gasteiger partial charge in [0.25, 0.3) is 0 Å². The number of aliphatic hydroxyl groups is 4. The molecule has 4 N–H and O–H groups in total. The molecule has 0 bridgehead atoms. The Labute approximate surface area is 302 Å². The first-order chi connectivity index (χ1) is 24.3. The molecule has 0 aromatic carbocycles. The van der Waals surface area contributed by atoms with Gasteiger partial charge < -0.3 is 39.4 Å². The lowest BCUT2D eigenvalue weighted by Gasteiger charge is -2.39. The van der Waals surface area contributed by atoms with Gasteiger partial charge in [-0.3, -0.25) is 9.59 Å². The van der Waals surface area contributed by atoms with Crippen LogP contribution in [0.2, 0.25) is 0 Å². The Kier molecular flexibility index (Phi) is 29.1. The van der Waals surface area contributed by atoms with Crippen molar-refractivity contribution < 1.29 is 49.0 Å². The van der Waals surface area contributed by atoms with E-state index in [4.69, 9.17) is 18.9 Å². The zero-order valence-corrected chi connectivity index (χ0v) is 31.1. The van der Waals surface area contributed by atoms with Crippen molar-refractivity contribution in [3.63, 3.8) is 0 Å². The number of unbranched alkanes of at least 4 members (excludes halogenated alkanes) is 14. The molecular formula is C40H70O10. The van der Waals surface area contributed by atoms with Gasteiger partial charge in [0.1, 0.15) is 31.0 Å². The predicted octanol–water partition coefficient (Wildman–Crippen LogP) is 7.16. The minimum Gasteiger partial charge on any atom is -0.462 e. The molecule has 1 fully saturated rings. The van der Waals surface area contributed by atoms with Gasteiger partial charge >= 0.3 is 11.9 Å². The Morgan fingerprint density at radius 3 is 1.68 bits per heavy atom. The van der Waals surface area contributed by atoms with Crippen LogP contribution >= 0.6 is 0 Å². The van der Waals surface area contributed by atoms with E-state index in [1.165, 1.54) is 25.7 Å². The van der Waals surface area contributed by atoms with Crippen LogP contribution in [-0.4, -0.2) is 89.0 Å². The molecule has 1 heterocycles. The van der Waals surface area contributed by atoms with Crippen molar-refractivity contribution in [3.8, 4) is 0 Å². The van der Waals surface area contributed by atoms with Crippen LogP contribution in [0.4, 0.5) is 0 Å². The van der Waals surface area contributed by atoms with Gasteiger partial charge in [-0.25, -0.2) is 0 Å². The molecule has 2 unspecified atom stereocenters. The second kappa shape index (κ2) is 31.6. The van der Waals surface area contributed by atoms with Crippen LogP contribution in [0, 0.1) is 0 Å². The Morgan fingerprint density at radius 1 is 0.620 bits per heavy atom. The van der Waals surface area contributed by atoms with Crippen LogP contribution in [0.15, 0.2) is 36.5 Å². The van der Waals surface area contributed by atoms with E-state index in [2.05, 4.69) is 50.3 Å². The third-order valence-electron chi connectivity index (χ3n) is 8.75. The van der Waals surface area contributed by atoms with Crippen molar-refractivity contribution >= 4 is 11.9 Å². The van der Waals surface area contributed by atoms with E-state index in [1.54, 1.807) is 0 Å². The number of hydrogen-bond donors (Lipinski definition) is 4. The molecule has 6 atom stereocenters. The van der Waals surface area contributed by atoms with E-state index in [0.717, 1.165) is 83.5 Å². The van der Waals surface area contributed by atoms with Gasteiger partial charge in [0, 0.05) is 12.8 Å². The van der Waals surface area contributed by atoms with E-state index < -0.39 is 55.4 Å². The predicted molar refractivity (Wildman–Crippen MR) is 196 cm³/mol. The summed E-state index contributed by atoms with van der Waals surface area (Å²) in [5.41, 5.74) is 0. The van der Waals surface area contributed by atoms with Crippen LogP contribution in [0.3, 0.4) is 0 Å². The fourth-order valence-electron chi connectivity index (χ4n) is 5.54. The number of rotatable bonds is 31. The molecule has 0 aromatic heterocycles. The third-order valence-corrected chi connectivity index (χ3v) is 8.75. The molecule has 0 amide bonds. The minimum atomic E-state index is -1.60. The Morgan fingerprint density at radius 2 is 1.12 bits per heavy atom. The molecule has 10 heteroatoms. The van der Waals surface area contributed by atoms with E-state index in [0.29, 0.717) is 12.8 Å². The van der Waals surface area contributed by atoms with E-state index in [9.17, 15) is 30.0 Å². The van der Waals surface area contributed by atoms with Crippen LogP contribution in [0.1, 0.15) is 149 Å². The maximum absolute atomic E-state index is 12.7. The quantitative estimate of drug-likeness (QED) is 0.0331. The number of hydrogen-bond acceptors (Lipinski definition) is 10. The summed E-state index contributed by atoms with van der Waals surface area (Å²) >= 11 is 0. The standard InChI is InChI=1S/C40H70O10/c1-3-5-7-9-11-13-15-16-17-19-21-23-25-27-29-36(43)49-33(32-48-40-39(46)38(45)37(44)34(30-41)50-40)31-47-35(42)28-26-24-22-20-18-14-12-10-8-6-4-2/h9-12,15-16,33-34,37-41,44-46H,3-8,13-14,17-32H2,1-2H3/b11-9+,12-10+,16-15+/t33-,34-,37+,38?,39?,40-/m1/s1. The zero-order valence-electron chi connectivity index (χ0n) is 31.1. The van der Waals surface area contributed by atoms with Gasteiger partial charge in [-0.15, -0.1) is 0 Å². The number of carbonyl (C=O) groups excluding carboxylic acids is 2. The average Bonchev–Trinajstić information content (AvgIpc) is 3.11. The zero-order chi connectivity index (χ0) is 36.7. The molecule has 1 saturated heterocycles. The summed E-state index contributed by atoms with van der Waals surface area (Å²) in [5.74, 6) is -0.838. The van der Waals surface area contributed by atoms with Gasteiger partial charge in [-0.1, -0.05) is 115 Å². The molecule has 1 aliphatic heterocycles. The highest BCUT2D eigenvalue weighted by molar-refractivity contribution is 5.70. The van der Waals surface area contributed by atoms with E-state index in [-0.39, 0.29) is 26.1 Å². The Balaban J connectivity index is 2.42. The second-order valence-corrected chi connectivity index (χ2v) is 13.4. The number of carbonyl (C=O) groups is 2. The first-order valence-corrected chi connectivity index (χ1v) is 19.6. The monoisotopic (exact) mass is 710 g/mol. The summed E-state index contributed by atoms with van der Waals surface area (Å²) in [7, 11) is 0. The van der Waals surface area contributed by atoms with Crippen LogP contribution in [0.5, 0.6) is 0 Å². The van der Waals surface area contributed by atoms with Crippen molar-refractivity contribution in [3.05, 3.63) is 36.5 Å². The van der Waals surface area contributed by atoms with Crippen LogP contribution in [-0.2, 0) is 28.5 Å². The highest BCUT2D eigenvalue weighted by Crippen LogP contribution is 2.22. The molecule has 50 heavy (non-hydrogen) atoms. The van der Waals surface area contributed by atoms with Gasteiger partial charge in [-0.05, 0) is 57.8 Å². The van der Waals surface area contributed by atoms with Gasteiger partial charge in [0.05, 0.1) is 13.2 Å². The molecule has 0 saturated carbocycles. The fraction of sp³-hybridized carbons (Fsp3) is 0.800. The topological polar surface area (TPSA) is 152 Å². The van der Waals surface area contributed by atoms with Gasteiger partial charge in [-0.2, -0.15) is 0 Å². The molecule has 1 rings (SSSR count). The summed E-state index contributed by atoms with van der Waals surface area (Å²) in [6.07, 6.45) is 25.8. The van der Waals surface area contributed by atoms with Crippen molar-refractivity contribution in [2.24, 2.45) is 0 Å². The van der Waals surface area contributed by atoms with E-state index in [1.807, 2.05) is 0 Å². The summed E-state index contributed by atoms with van der Waals surface area (Å²) in [4.78, 5) is 25.1. The van der Waals surface area contributed by atoms with Crippen molar-refractivity contribution in [1.82, 2.24) is 0 Å².